The Morgan fingerprint density at radius 3 is 2.44 bits per heavy atom. The highest BCUT2D eigenvalue weighted by molar-refractivity contribution is 5.92. The van der Waals surface area contributed by atoms with Gasteiger partial charge in [0.05, 0.1) is 0 Å². The molecule has 0 aliphatic heterocycles. The largest absolute Gasteiger partial charge is 0.337 e. The minimum atomic E-state index is -0.0358. The van der Waals surface area contributed by atoms with Gasteiger partial charge in [0.2, 0.25) is 5.95 Å². The molecule has 1 aromatic carbocycles. The first kappa shape index (κ1) is 18.9. The predicted molar refractivity (Wildman–Crippen MR) is 102 cm³/mol. The summed E-state index contributed by atoms with van der Waals surface area (Å²) in [4.78, 5) is 23.3. The molecule has 5 heteroatoms. The Morgan fingerprint density at radius 2 is 1.80 bits per heavy atom. The van der Waals surface area contributed by atoms with Gasteiger partial charge in [0.15, 0.2) is 0 Å². The van der Waals surface area contributed by atoms with E-state index in [1.165, 1.54) is 5.56 Å². The van der Waals surface area contributed by atoms with Gasteiger partial charge < -0.3 is 10.2 Å². The molecule has 0 spiro atoms. The van der Waals surface area contributed by atoms with E-state index in [0.717, 1.165) is 31.6 Å². The quantitative estimate of drug-likeness (QED) is 0.762. The molecule has 0 aliphatic carbocycles. The SMILES string of the molecule is CCCN(CCC)C(=O)c1ccnc(Nc2ccccc2C(C)C)n1. The molecule has 1 aromatic heterocycles. The van der Waals surface area contributed by atoms with Crippen molar-refractivity contribution in [1.29, 1.82) is 0 Å². The van der Waals surface area contributed by atoms with Crippen LogP contribution in [0.15, 0.2) is 36.5 Å². The van der Waals surface area contributed by atoms with Gasteiger partial charge in [0.1, 0.15) is 5.69 Å². The first-order chi connectivity index (χ1) is 12.1. The van der Waals surface area contributed by atoms with E-state index in [0.29, 0.717) is 17.6 Å². The summed E-state index contributed by atoms with van der Waals surface area (Å²) in [5.41, 5.74) is 2.60. The molecule has 0 bridgehead atoms. The summed E-state index contributed by atoms with van der Waals surface area (Å²) in [6.45, 7) is 9.94. The van der Waals surface area contributed by atoms with E-state index in [1.807, 2.05) is 23.1 Å². The number of amides is 1. The number of rotatable bonds is 8. The minimum absolute atomic E-state index is 0.0358. The lowest BCUT2D eigenvalue weighted by atomic mass is 10.0. The van der Waals surface area contributed by atoms with Crippen molar-refractivity contribution >= 4 is 17.5 Å². The highest BCUT2D eigenvalue weighted by Crippen LogP contribution is 2.25. The van der Waals surface area contributed by atoms with Crippen LogP contribution in [0.4, 0.5) is 11.6 Å². The predicted octanol–water partition coefficient (Wildman–Crippen LogP) is 4.61. The van der Waals surface area contributed by atoms with Gasteiger partial charge in [-0.05, 0) is 36.5 Å². The Kier molecular flexibility index (Phi) is 6.92. The number of benzene rings is 1. The molecule has 1 N–H and O–H groups in total. The van der Waals surface area contributed by atoms with Gasteiger partial charge in [0.25, 0.3) is 5.91 Å². The Labute approximate surface area is 150 Å². The van der Waals surface area contributed by atoms with Crippen LogP contribution in [0, 0.1) is 0 Å². The third-order valence-corrected chi connectivity index (χ3v) is 3.98. The highest BCUT2D eigenvalue weighted by atomic mass is 16.2. The lowest BCUT2D eigenvalue weighted by Gasteiger charge is -2.21. The van der Waals surface area contributed by atoms with Gasteiger partial charge in [-0.15, -0.1) is 0 Å². The second kappa shape index (κ2) is 9.16. The van der Waals surface area contributed by atoms with Crippen LogP contribution >= 0.6 is 0 Å². The monoisotopic (exact) mass is 340 g/mol. The van der Waals surface area contributed by atoms with E-state index in [9.17, 15) is 4.79 Å². The number of nitrogens with zero attached hydrogens (tertiary/aromatic N) is 3. The van der Waals surface area contributed by atoms with Gasteiger partial charge in [-0.25, -0.2) is 9.97 Å². The smallest absolute Gasteiger partial charge is 0.272 e. The van der Waals surface area contributed by atoms with Crippen LogP contribution in [0.1, 0.15) is 62.5 Å². The number of aromatic nitrogens is 2. The van der Waals surface area contributed by atoms with Gasteiger partial charge in [-0.2, -0.15) is 0 Å². The molecule has 0 fully saturated rings. The van der Waals surface area contributed by atoms with Crippen molar-refractivity contribution < 1.29 is 4.79 Å². The van der Waals surface area contributed by atoms with E-state index in [4.69, 9.17) is 0 Å². The van der Waals surface area contributed by atoms with E-state index in [-0.39, 0.29) is 5.91 Å². The fourth-order valence-electron chi connectivity index (χ4n) is 2.79. The zero-order valence-electron chi connectivity index (χ0n) is 15.6. The zero-order chi connectivity index (χ0) is 18.2. The topological polar surface area (TPSA) is 58.1 Å². The first-order valence-electron chi connectivity index (χ1n) is 9.05. The molecular formula is C20H28N4O. The van der Waals surface area contributed by atoms with Crippen LogP contribution in [0.5, 0.6) is 0 Å². The summed E-state index contributed by atoms with van der Waals surface area (Å²) in [6.07, 6.45) is 3.50. The molecule has 2 aromatic rings. The Balaban J connectivity index is 2.23. The van der Waals surface area contributed by atoms with Crippen molar-refractivity contribution in [3.05, 3.63) is 47.8 Å². The molecular weight excluding hydrogens is 312 g/mol. The highest BCUT2D eigenvalue weighted by Gasteiger charge is 2.16. The van der Waals surface area contributed by atoms with Crippen molar-refractivity contribution in [3.8, 4) is 0 Å². The average molecular weight is 340 g/mol. The molecule has 25 heavy (non-hydrogen) atoms. The van der Waals surface area contributed by atoms with Crippen molar-refractivity contribution in [2.45, 2.75) is 46.5 Å². The summed E-state index contributed by atoms with van der Waals surface area (Å²) in [6, 6.07) is 9.78. The number of carbonyl (C=O) groups is 1. The number of hydrogen-bond acceptors (Lipinski definition) is 4. The lowest BCUT2D eigenvalue weighted by molar-refractivity contribution is 0.0749. The summed E-state index contributed by atoms with van der Waals surface area (Å²) >= 11 is 0. The second-order valence-electron chi connectivity index (χ2n) is 6.42. The van der Waals surface area contributed by atoms with Crippen molar-refractivity contribution in [2.75, 3.05) is 18.4 Å². The lowest BCUT2D eigenvalue weighted by Crippen LogP contribution is -2.33. The van der Waals surface area contributed by atoms with Crippen molar-refractivity contribution in [3.63, 3.8) is 0 Å². The summed E-state index contributed by atoms with van der Waals surface area (Å²) in [7, 11) is 0. The van der Waals surface area contributed by atoms with Crippen molar-refractivity contribution in [1.82, 2.24) is 14.9 Å². The Morgan fingerprint density at radius 1 is 1.12 bits per heavy atom. The van der Waals surface area contributed by atoms with Crippen LogP contribution in [0.2, 0.25) is 0 Å². The number of anilines is 2. The molecule has 0 atom stereocenters. The molecule has 2 rings (SSSR count). The fraction of sp³-hybridized carbons (Fsp3) is 0.450. The maximum atomic E-state index is 12.7. The molecule has 0 aliphatic rings. The number of nitrogens with one attached hydrogen (secondary N) is 1. The zero-order valence-corrected chi connectivity index (χ0v) is 15.6. The normalized spacial score (nSPS) is 10.8. The van der Waals surface area contributed by atoms with Crippen LogP contribution < -0.4 is 5.32 Å². The van der Waals surface area contributed by atoms with Crippen LogP contribution in [-0.2, 0) is 0 Å². The average Bonchev–Trinajstić information content (AvgIpc) is 2.61. The maximum absolute atomic E-state index is 12.7. The number of para-hydroxylation sites is 1. The molecule has 0 saturated heterocycles. The van der Waals surface area contributed by atoms with Crippen LogP contribution in [-0.4, -0.2) is 33.9 Å². The van der Waals surface area contributed by atoms with Gasteiger partial charge >= 0.3 is 0 Å². The summed E-state index contributed by atoms with van der Waals surface area (Å²) < 4.78 is 0. The summed E-state index contributed by atoms with van der Waals surface area (Å²) in [5, 5.41) is 3.26. The molecule has 1 heterocycles. The first-order valence-corrected chi connectivity index (χ1v) is 9.05. The number of hydrogen-bond donors (Lipinski definition) is 1. The van der Waals surface area contributed by atoms with Gasteiger partial charge in [-0.1, -0.05) is 45.9 Å². The van der Waals surface area contributed by atoms with E-state index < -0.39 is 0 Å². The Hall–Kier alpha value is -2.43. The van der Waals surface area contributed by atoms with Crippen molar-refractivity contribution in [2.24, 2.45) is 0 Å². The van der Waals surface area contributed by atoms with E-state index in [2.05, 4.69) is 49.0 Å². The fourth-order valence-corrected chi connectivity index (χ4v) is 2.79. The molecule has 134 valence electrons. The molecule has 5 nitrogen and oxygen atoms in total. The summed E-state index contributed by atoms with van der Waals surface area (Å²) in [5.74, 6) is 0.802. The van der Waals surface area contributed by atoms with Crippen LogP contribution in [0.25, 0.3) is 0 Å². The standard InChI is InChI=1S/C20H28N4O/c1-5-13-24(14-6-2)19(25)18-11-12-21-20(23-18)22-17-10-8-7-9-16(17)15(3)4/h7-12,15H,5-6,13-14H2,1-4H3,(H,21,22,23). The minimum Gasteiger partial charge on any atom is -0.337 e. The van der Waals surface area contributed by atoms with Crippen LogP contribution in [0.3, 0.4) is 0 Å². The second-order valence-corrected chi connectivity index (χ2v) is 6.42. The van der Waals surface area contributed by atoms with Gasteiger partial charge in [0, 0.05) is 25.0 Å². The van der Waals surface area contributed by atoms with E-state index in [1.54, 1.807) is 12.3 Å². The third kappa shape index (κ3) is 5.02. The third-order valence-electron chi connectivity index (χ3n) is 3.98. The Bertz CT molecular complexity index is 694. The molecule has 0 radical (unpaired) electrons. The number of carbonyl (C=O) groups excluding carboxylic acids is 1. The van der Waals surface area contributed by atoms with Gasteiger partial charge in [-0.3, -0.25) is 4.79 Å². The maximum Gasteiger partial charge on any atom is 0.272 e. The van der Waals surface area contributed by atoms with E-state index >= 15 is 0 Å². The molecule has 0 saturated carbocycles. The molecule has 0 unspecified atom stereocenters. The molecule has 1 amide bonds.